The van der Waals surface area contributed by atoms with Crippen molar-refractivity contribution in [2.24, 2.45) is 0 Å². The van der Waals surface area contributed by atoms with Gasteiger partial charge in [-0.25, -0.2) is 0 Å². The van der Waals surface area contributed by atoms with Crippen LogP contribution in [0.1, 0.15) is 13.8 Å². The van der Waals surface area contributed by atoms with Gasteiger partial charge in [0.05, 0.1) is 11.1 Å². The van der Waals surface area contributed by atoms with Gasteiger partial charge in [0.1, 0.15) is 5.75 Å². The van der Waals surface area contributed by atoms with Gasteiger partial charge in [-0.15, -0.1) is 0 Å². The van der Waals surface area contributed by atoms with Crippen molar-refractivity contribution in [3.05, 3.63) is 34.7 Å². The van der Waals surface area contributed by atoms with Crippen molar-refractivity contribution in [2.75, 3.05) is 6.61 Å². The van der Waals surface area contributed by atoms with Crippen molar-refractivity contribution in [1.29, 1.82) is 0 Å². The van der Waals surface area contributed by atoms with Gasteiger partial charge in [-0.2, -0.15) is 0 Å². The van der Waals surface area contributed by atoms with E-state index in [2.05, 4.69) is 29.8 Å². The third kappa shape index (κ3) is 2.86. The molecule has 65 valence electrons. The maximum absolute atomic E-state index is 5.51. The molecule has 0 aliphatic carbocycles. The van der Waals surface area contributed by atoms with Gasteiger partial charge in [0, 0.05) is 5.92 Å². The van der Waals surface area contributed by atoms with Crippen LogP contribution < -0.4 is 4.74 Å². The highest BCUT2D eigenvalue weighted by molar-refractivity contribution is 9.10. The minimum Gasteiger partial charge on any atom is -0.492 e. The normalized spacial score (nSPS) is 10.3. The fraction of sp³-hybridized carbons (Fsp3) is 0.300. The summed E-state index contributed by atoms with van der Waals surface area (Å²) in [4.78, 5) is 0. The number of halogens is 1. The third-order valence-corrected chi connectivity index (χ3v) is 2.01. The average molecular weight is 228 g/mol. The van der Waals surface area contributed by atoms with Crippen LogP contribution in [0.2, 0.25) is 0 Å². The van der Waals surface area contributed by atoms with Gasteiger partial charge < -0.3 is 4.74 Å². The Morgan fingerprint density at radius 1 is 1.33 bits per heavy atom. The molecule has 0 heterocycles. The third-order valence-electron chi connectivity index (χ3n) is 1.35. The minimum absolute atomic E-state index is 0.683. The summed E-state index contributed by atoms with van der Waals surface area (Å²) in [5.74, 6) is 2.17. The van der Waals surface area contributed by atoms with Crippen LogP contribution in [0.4, 0.5) is 0 Å². The lowest BCUT2D eigenvalue weighted by Crippen LogP contribution is -2.02. The zero-order valence-corrected chi connectivity index (χ0v) is 8.89. The first-order valence-electron chi connectivity index (χ1n) is 3.86. The topological polar surface area (TPSA) is 9.23 Å². The molecule has 0 N–H and O–H groups in total. The molecule has 0 amide bonds. The zero-order chi connectivity index (χ0) is 8.97. The highest BCUT2D eigenvalue weighted by Gasteiger charge is 2.00. The first-order chi connectivity index (χ1) is 5.70. The maximum Gasteiger partial charge on any atom is 0.133 e. The molecular weight excluding hydrogens is 216 g/mol. The summed E-state index contributed by atoms with van der Waals surface area (Å²) in [5, 5.41) is 0. The zero-order valence-electron chi connectivity index (χ0n) is 7.30. The van der Waals surface area contributed by atoms with Gasteiger partial charge >= 0.3 is 0 Å². The van der Waals surface area contributed by atoms with E-state index in [1.165, 1.54) is 5.92 Å². The average Bonchev–Trinajstić information content (AvgIpc) is 2.03. The minimum atomic E-state index is 0.683. The predicted octanol–water partition coefficient (Wildman–Crippen LogP) is 3.44. The standard InChI is InChI=1S/C10H12BrO/c1-8(2)7-12-10-6-4-3-5-9(10)11/h3-6H,7H2,1-2H3. The number of hydrogen-bond donors (Lipinski definition) is 0. The van der Waals surface area contributed by atoms with Crippen molar-refractivity contribution in [3.63, 3.8) is 0 Å². The van der Waals surface area contributed by atoms with Crippen molar-refractivity contribution in [2.45, 2.75) is 13.8 Å². The molecule has 1 nitrogen and oxygen atoms in total. The first-order valence-corrected chi connectivity index (χ1v) is 4.66. The van der Waals surface area contributed by atoms with Gasteiger partial charge in [-0.1, -0.05) is 26.0 Å². The Bertz CT molecular complexity index is 245. The van der Waals surface area contributed by atoms with E-state index in [-0.39, 0.29) is 0 Å². The lowest BCUT2D eigenvalue weighted by atomic mass is 10.2. The van der Waals surface area contributed by atoms with Crippen LogP contribution in [-0.4, -0.2) is 6.61 Å². The first kappa shape index (κ1) is 9.59. The van der Waals surface area contributed by atoms with E-state index in [0.717, 1.165) is 10.2 Å². The van der Waals surface area contributed by atoms with Crippen molar-refractivity contribution in [3.8, 4) is 5.75 Å². The summed E-state index contributed by atoms with van der Waals surface area (Å²) < 4.78 is 6.52. The molecule has 1 aromatic rings. The van der Waals surface area contributed by atoms with Crippen LogP contribution in [0.3, 0.4) is 0 Å². The van der Waals surface area contributed by atoms with Gasteiger partial charge in [-0.3, -0.25) is 0 Å². The molecular formula is C10H12BrO. The Kier molecular flexibility index (Phi) is 3.60. The monoisotopic (exact) mass is 227 g/mol. The van der Waals surface area contributed by atoms with Crippen molar-refractivity contribution in [1.82, 2.24) is 0 Å². The van der Waals surface area contributed by atoms with Crippen LogP contribution in [0, 0.1) is 5.92 Å². The van der Waals surface area contributed by atoms with Crippen LogP contribution in [0.25, 0.3) is 0 Å². The molecule has 0 fully saturated rings. The maximum atomic E-state index is 5.51. The summed E-state index contributed by atoms with van der Waals surface area (Å²) in [7, 11) is 0. The van der Waals surface area contributed by atoms with Crippen molar-refractivity contribution >= 4 is 15.9 Å². The van der Waals surface area contributed by atoms with Gasteiger partial charge in [0.2, 0.25) is 0 Å². The molecule has 0 aliphatic rings. The van der Waals surface area contributed by atoms with E-state index in [0.29, 0.717) is 6.61 Å². The van der Waals surface area contributed by atoms with Crippen molar-refractivity contribution < 1.29 is 4.74 Å². The predicted molar refractivity (Wildman–Crippen MR) is 54.2 cm³/mol. The Morgan fingerprint density at radius 3 is 2.58 bits per heavy atom. The highest BCUT2D eigenvalue weighted by atomic mass is 79.9. The molecule has 1 rings (SSSR count). The van der Waals surface area contributed by atoms with Crippen LogP contribution in [0.5, 0.6) is 5.75 Å². The second-order valence-corrected chi connectivity index (χ2v) is 3.78. The quantitative estimate of drug-likeness (QED) is 0.769. The number of para-hydroxylation sites is 1. The van der Waals surface area contributed by atoms with Gasteiger partial charge in [0.25, 0.3) is 0 Å². The SMILES string of the molecule is C[C](C)COc1ccccc1Br. The Morgan fingerprint density at radius 2 is 2.00 bits per heavy atom. The summed E-state index contributed by atoms with van der Waals surface area (Å²) >= 11 is 3.41. The number of hydrogen-bond acceptors (Lipinski definition) is 1. The second-order valence-electron chi connectivity index (χ2n) is 2.93. The molecule has 2 heteroatoms. The van der Waals surface area contributed by atoms with E-state index in [1.807, 2.05) is 24.3 Å². The van der Waals surface area contributed by atoms with Crippen LogP contribution in [0.15, 0.2) is 28.7 Å². The molecule has 0 saturated heterocycles. The fourth-order valence-corrected chi connectivity index (χ4v) is 1.18. The van der Waals surface area contributed by atoms with E-state index >= 15 is 0 Å². The Labute approximate surface area is 81.9 Å². The number of benzene rings is 1. The van der Waals surface area contributed by atoms with Crippen LogP contribution >= 0.6 is 15.9 Å². The van der Waals surface area contributed by atoms with Gasteiger partial charge in [-0.05, 0) is 28.1 Å². The number of ether oxygens (including phenoxy) is 1. The summed E-state index contributed by atoms with van der Waals surface area (Å²) in [6, 6.07) is 7.86. The molecule has 12 heavy (non-hydrogen) atoms. The van der Waals surface area contributed by atoms with E-state index in [1.54, 1.807) is 0 Å². The highest BCUT2D eigenvalue weighted by Crippen LogP contribution is 2.24. The Hall–Kier alpha value is -0.500. The van der Waals surface area contributed by atoms with E-state index in [4.69, 9.17) is 4.74 Å². The fourth-order valence-electron chi connectivity index (χ4n) is 0.784. The second kappa shape index (κ2) is 4.51. The van der Waals surface area contributed by atoms with E-state index in [9.17, 15) is 0 Å². The molecule has 0 saturated carbocycles. The lowest BCUT2D eigenvalue weighted by molar-refractivity contribution is 0.330. The largest absolute Gasteiger partial charge is 0.492 e. The molecule has 0 aromatic heterocycles. The Balaban J connectivity index is 2.57. The molecule has 0 unspecified atom stereocenters. The molecule has 1 radical (unpaired) electrons. The van der Waals surface area contributed by atoms with Gasteiger partial charge in [0.15, 0.2) is 0 Å². The summed E-state index contributed by atoms with van der Waals surface area (Å²) in [6.45, 7) is 4.79. The van der Waals surface area contributed by atoms with Crippen LogP contribution in [-0.2, 0) is 0 Å². The molecule has 1 aromatic carbocycles. The summed E-state index contributed by atoms with van der Waals surface area (Å²) in [5.41, 5.74) is 0. The molecule has 0 atom stereocenters. The lowest BCUT2D eigenvalue weighted by Gasteiger charge is -2.09. The molecule has 0 aliphatic heterocycles. The smallest absolute Gasteiger partial charge is 0.133 e. The van der Waals surface area contributed by atoms with E-state index < -0.39 is 0 Å². The summed E-state index contributed by atoms with van der Waals surface area (Å²) in [6.07, 6.45) is 0. The molecule has 0 bridgehead atoms. The number of rotatable bonds is 3. The molecule has 0 spiro atoms.